The highest BCUT2D eigenvalue weighted by Gasteiger charge is 2.23. The van der Waals surface area contributed by atoms with Gasteiger partial charge >= 0.3 is 6.09 Å². The van der Waals surface area contributed by atoms with E-state index in [1.807, 2.05) is 19.9 Å². The molecule has 2 amide bonds. The number of hydrogen-bond acceptors (Lipinski definition) is 5. The van der Waals surface area contributed by atoms with Crippen molar-refractivity contribution in [3.05, 3.63) is 23.9 Å². The normalized spacial score (nSPS) is 14.6. The molecular weight excluding hydrogens is 360 g/mol. The summed E-state index contributed by atoms with van der Waals surface area (Å²) in [6.45, 7) is 9.75. The topological polar surface area (TPSA) is 99.2 Å². The van der Waals surface area contributed by atoms with Gasteiger partial charge in [-0.1, -0.05) is 6.07 Å². The molecule has 0 saturated carbocycles. The van der Waals surface area contributed by atoms with E-state index < -0.39 is 0 Å². The number of carbonyl (C=O) groups excluding carboxylic acids is 2. The van der Waals surface area contributed by atoms with Crippen LogP contribution in [0.4, 0.5) is 10.6 Å². The zero-order valence-electron chi connectivity index (χ0n) is 16.9. The first-order valence-corrected chi connectivity index (χ1v) is 9.71. The molecule has 154 valence electrons. The van der Waals surface area contributed by atoms with Crippen molar-refractivity contribution in [2.75, 3.05) is 51.2 Å². The first-order chi connectivity index (χ1) is 13.5. The number of aryl methyl sites for hydroxylation is 1. The van der Waals surface area contributed by atoms with Crippen LogP contribution in [0.2, 0.25) is 0 Å². The maximum Gasteiger partial charge on any atom is 0.409 e. The van der Waals surface area contributed by atoms with Crippen molar-refractivity contribution in [3.63, 3.8) is 0 Å². The lowest BCUT2D eigenvalue weighted by molar-refractivity contribution is -0.116. The van der Waals surface area contributed by atoms with E-state index in [2.05, 4.69) is 25.5 Å². The van der Waals surface area contributed by atoms with Gasteiger partial charge < -0.3 is 25.2 Å². The van der Waals surface area contributed by atoms with Crippen LogP contribution in [0.25, 0.3) is 0 Å². The van der Waals surface area contributed by atoms with Crippen molar-refractivity contribution in [2.24, 2.45) is 4.99 Å². The van der Waals surface area contributed by atoms with Crippen LogP contribution in [0.15, 0.2) is 23.3 Å². The SMILES string of the molecule is CCNC(=NCCC(=O)Nc1ccc(C)cn1)N1CCN(C(=O)OCC)CC1. The molecular formula is C19H30N6O3. The highest BCUT2D eigenvalue weighted by atomic mass is 16.6. The number of nitrogens with one attached hydrogen (secondary N) is 2. The number of piperazine rings is 1. The number of guanidine groups is 1. The fourth-order valence-electron chi connectivity index (χ4n) is 2.75. The van der Waals surface area contributed by atoms with E-state index in [0.717, 1.165) is 18.1 Å². The molecule has 1 saturated heterocycles. The summed E-state index contributed by atoms with van der Waals surface area (Å²) in [5.41, 5.74) is 1.04. The first-order valence-electron chi connectivity index (χ1n) is 9.71. The zero-order chi connectivity index (χ0) is 20.4. The Balaban J connectivity index is 1.82. The molecule has 0 spiro atoms. The Morgan fingerprint density at radius 1 is 1.18 bits per heavy atom. The van der Waals surface area contributed by atoms with Gasteiger partial charge in [0.2, 0.25) is 5.91 Å². The Morgan fingerprint density at radius 3 is 2.50 bits per heavy atom. The van der Waals surface area contributed by atoms with Gasteiger partial charge in [-0.25, -0.2) is 9.78 Å². The van der Waals surface area contributed by atoms with E-state index in [9.17, 15) is 9.59 Å². The second-order valence-corrected chi connectivity index (χ2v) is 6.43. The smallest absolute Gasteiger partial charge is 0.409 e. The quantitative estimate of drug-likeness (QED) is 0.564. The number of carbonyl (C=O) groups is 2. The van der Waals surface area contributed by atoms with Crippen molar-refractivity contribution in [2.45, 2.75) is 27.2 Å². The monoisotopic (exact) mass is 390 g/mol. The number of rotatable bonds is 6. The number of amides is 2. The summed E-state index contributed by atoms with van der Waals surface area (Å²) in [5.74, 6) is 1.18. The maximum atomic E-state index is 12.1. The number of pyridine rings is 1. The van der Waals surface area contributed by atoms with Crippen molar-refractivity contribution in [1.82, 2.24) is 20.1 Å². The van der Waals surface area contributed by atoms with Gasteiger partial charge in [0, 0.05) is 45.3 Å². The van der Waals surface area contributed by atoms with Crippen molar-refractivity contribution in [3.8, 4) is 0 Å². The predicted molar refractivity (Wildman–Crippen MR) is 108 cm³/mol. The van der Waals surface area contributed by atoms with Crippen LogP contribution in [-0.4, -0.2) is 78.6 Å². The molecule has 0 atom stereocenters. The predicted octanol–water partition coefficient (Wildman–Crippen LogP) is 1.46. The molecule has 2 heterocycles. The number of nitrogens with zero attached hydrogens (tertiary/aromatic N) is 4. The van der Waals surface area contributed by atoms with Crippen molar-refractivity contribution < 1.29 is 14.3 Å². The molecule has 9 heteroatoms. The number of aliphatic imine (C=N–C) groups is 1. The van der Waals surface area contributed by atoms with E-state index >= 15 is 0 Å². The second kappa shape index (κ2) is 11.1. The molecule has 2 rings (SSSR count). The summed E-state index contributed by atoms with van der Waals surface area (Å²) in [6.07, 6.45) is 1.71. The van der Waals surface area contributed by atoms with Gasteiger partial charge in [-0.05, 0) is 32.4 Å². The fourth-order valence-corrected chi connectivity index (χ4v) is 2.75. The van der Waals surface area contributed by atoms with E-state index in [1.54, 1.807) is 24.1 Å². The van der Waals surface area contributed by atoms with Crippen LogP contribution >= 0.6 is 0 Å². The Kier molecular flexibility index (Phi) is 8.51. The third-order valence-corrected chi connectivity index (χ3v) is 4.22. The van der Waals surface area contributed by atoms with Gasteiger partial charge in [-0.2, -0.15) is 0 Å². The van der Waals surface area contributed by atoms with Crippen LogP contribution in [0.3, 0.4) is 0 Å². The first kappa shape index (κ1) is 21.5. The molecule has 1 aromatic heterocycles. The Morgan fingerprint density at radius 2 is 1.89 bits per heavy atom. The van der Waals surface area contributed by atoms with Crippen LogP contribution in [-0.2, 0) is 9.53 Å². The highest BCUT2D eigenvalue weighted by Crippen LogP contribution is 2.06. The fraction of sp³-hybridized carbons (Fsp3) is 0.579. The van der Waals surface area contributed by atoms with E-state index in [-0.39, 0.29) is 18.4 Å². The number of hydrogen-bond donors (Lipinski definition) is 2. The summed E-state index contributed by atoms with van der Waals surface area (Å²) in [4.78, 5) is 36.4. The average molecular weight is 390 g/mol. The summed E-state index contributed by atoms with van der Waals surface area (Å²) in [7, 11) is 0. The van der Waals surface area contributed by atoms with Gasteiger partial charge in [-0.15, -0.1) is 0 Å². The minimum absolute atomic E-state index is 0.122. The summed E-state index contributed by atoms with van der Waals surface area (Å²) in [6, 6.07) is 3.68. The second-order valence-electron chi connectivity index (χ2n) is 6.43. The molecule has 1 aromatic rings. The average Bonchev–Trinajstić information content (AvgIpc) is 2.69. The Bertz CT molecular complexity index is 669. The molecule has 1 aliphatic rings. The molecule has 28 heavy (non-hydrogen) atoms. The molecule has 1 aliphatic heterocycles. The van der Waals surface area contributed by atoms with Crippen LogP contribution < -0.4 is 10.6 Å². The number of anilines is 1. The molecule has 9 nitrogen and oxygen atoms in total. The van der Waals surface area contributed by atoms with Crippen LogP contribution in [0.1, 0.15) is 25.8 Å². The lowest BCUT2D eigenvalue weighted by Gasteiger charge is -2.35. The third kappa shape index (κ3) is 6.71. The van der Waals surface area contributed by atoms with Gasteiger partial charge in [0.25, 0.3) is 0 Å². The third-order valence-electron chi connectivity index (χ3n) is 4.22. The van der Waals surface area contributed by atoms with Gasteiger partial charge in [0.05, 0.1) is 13.2 Å². The molecule has 1 fully saturated rings. The van der Waals surface area contributed by atoms with E-state index in [4.69, 9.17) is 4.74 Å². The minimum Gasteiger partial charge on any atom is -0.450 e. The standard InChI is InChI=1S/C19H30N6O3/c1-4-20-18(24-10-12-25(13-11-24)19(27)28-5-2)21-9-8-17(26)23-16-7-6-15(3)14-22-16/h6-7,14H,4-5,8-13H2,1-3H3,(H,20,21)(H,22,23,26). The highest BCUT2D eigenvalue weighted by molar-refractivity contribution is 5.90. The van der Waals surface area contributed by atoms with Crippen molar-refractivity contribution >= 4 is 23.8 Å². The van der Waals surface area contributed by atoms with Crippen LogP contribution in [0, 0.1) is 6.92 Å². The molecule has 0 aliphatic carbocycles. The van der Waals surface area contributed by atoms with Crippen molar-refractivity contribution in [1.29, 1.82) is 0 Å². The largest absolute Gasteiger partial charge is 0.450 e. The molecule has 0 unspecified atom stereocenters. The number of ether oxygens (including phenoxy) is 1. The Hall–Kier alpha value is -2.84. The molecule has 0 aromatic carbocycles. The van der Waals surface area contributed by atoms with E-state index in [1.165, 1.54) is 0 Å². The van der Waals surface area contributed by atoms with E-state index in [0.29, 0.717) is 45.1 Å². The summed E-state index contributed by atoms with van der Waals surface area (Å²) >= 11 is 0. The molecule has 0 radical (unpaired) electrons. The lowest BCUT2D eigenvalue weighted by Crippen LogP contribution is -2.54. The summed E-state index contributed by atoms with van der Waals surface area (Å²) in [5, 5.41) is 6.02. The van der Waals surface area contributed by atoms with Crippen LogP contribution in [0.5, 0.6) is 0 Å². The summed E-state index contributed by atoms with van der Waals surface area (Å²) < 4.78 is 5.04. The number of aromatic nitrogens is 1. The lowest BCUT2D eigenvalue weighted by atomic mass is 10.3. The maximum absolute atomic E-state index is 12.1. The van der Waals surface area contributed by atoms with Gasteiger partial charge in [0.1, 0.15) is 5.82 Å². The van der Waals surface area contributed by atoms with Gasteiger partial charge in [-0.3, -0.25) is 9.79 Å². The zero-order valence-corrected chi connectivity index (χ0v) is 16.9. The Labute approximate surface area is 166 Å². The minimum atomic E-state index is -0.273. The molecule has 0 bridgehead atoms. The van der Waals surface area contributed by atoms with Gasteiger partial charge in [0.15, 0.2) is 5.96 Å². The molecule has 2 N–H and O–H groups in total.